The first kappa shape index (κ1) is 16.5. The van der Waals surface area contributed by atoms with Gasteiger partial charge in [-0.3, -0.25) is 4.79 Å². The van der Waals surface area contributed by atoms with E-state index in [0.717, 1.165) is 34.2 Å². The first-order valence-electron chi connectivity index (χ1n) is 6.10. The van der Waals surface area contributed by atoms with Crippen LogP contribution >= 0.6 is 35.0 Å². The van der Waals surface area contributed by atoms with Crippen molar-refractivity contribution in [2.24, 2.45) is 0 Å². The van der Waals surface area contributed by atoms with Crippen LogP contribution in [0.5, 0.6) is 0 Å². The van der Waals surface area contributed by atoms with Gasteiger partial charge in [0.2, 0.25) is 0 Å². The van der Waals surface area contributed by atoms with Gasteiger partial charge in [-0.2, -0.15) is 0 Å². The van der Waals surface area contributed by atoms with Gasteiger partial charge in [0.05, 0.1) is 0 Å². The number of amides is 1. The van der Waals surface area contributed by atoms with E-state index >= 15 is 0 Å². The fraction of sp³-hybridized carbons (Fsp3) is 0.357. The molecular formula is C14H18ClIN2O. The molecule has 0 fully saturated rings. The van der Waals surface area contributed by atoms with Gasteiger partial charge < -0.3 is 10.6 Å². The summed E-state index contributed by atoms with van der Waals surface area (Å²) in [6.45, 7) is 4.56. The Labute approximate surface area is 133 Å². The van der Waals surface area contributed by atoms with Crippen molar-refractivity contribution < 1.29 is 4.79 Å². The molecule has 0 saturated carbocycles. The zero-order valence-electron chi connectivity index (χ0n) is 10.8. The van der Waals surface area contributed by atoms with Gasteiger partial charge in [0.25, 0.3) is 5.91 Å². The standard InChI is InChI=1S/C14H17IN2O.ClH/c1-10-12(3-2-4-13(10)15)14(18)17-9-11-5-7-16-8-6-11;/h2-5,16H,6-9H2,1H3,(H,17,18);1H. The normalized spacial score (nSPS) is 14.3. The van der Waals surface area contributed by atoms with Crippen molar-refractivity contribution in [1.29, 1.82) is 0 Å². The van der Waals surface area contributed by atoms with Gasteiger partial charge in [0.15, 0.2) is 0 Å². The van der Waals surface area contributed by atoms with Crippen molar-refractivity contribution in [3.8, 4) is 0 Å². The lowest BCUT2D eigenvalue weighted by atomic mass is 10.1. The van der Waals surface area contributed by atoms with E-state index in [2.05, 4.69) is 39.3 Å². The first-order chi connectivity index (χ1) is 8.68. The summed E-state index contributed by atoms with van der Waals surface area (Å²) < 4.78 is 1.13. The lowest BCUT2D eigenvalue weighted by Crippen LogP contribution is -2.30. The fourth-order valence-corrected chi connectivity index (χ4v) is 2.47. The zero-order chi connectivity index (χ0) is 13.0. The Morgan fingerprint density at radius 1 is 1.47 bits per heavy atom. The van der Waals surface area contributed by atoms with E-state index < -0.39 is 0 Å². The minimum atomic E-state index is 0. The van der Waals surface area contributed by atoms with E-state index in [1.807, 2.05) is 25.1 Å². The summed E-state index contributed by atoms with van der Waals surface area (Å²) in [4.78, 5) is 12.1. The number of hydrogen-bond donors (Lipinski definition) is 2. The number of hydrogen-bond acceptors (Lipinski definition) is 2. The Hall–Kier alpha value is -0.590. The van der Waals surface area contributed by atoms with Crippen LogP contribution in [0.3, 0.4) is 0 Å². The third-order valence-corrected chi connectivity index (χ3v) is 4.31. The second-order valence-corrected chi connectivity index (χ2v) is 5.57. The minimum Gasteiger partial charge on any atom is -0.348 e. The van der Waals surface area contributed by atoms with Gasteiger partial charge in [-0.05, 0) is 60.2 Å². The summed E-state index contributed by atoms with van der Waals surface area (Å²) in [6.07, 6.45) is 3.18. The van der Waals surface area contributed by atoms with Crippen molar-refractivity contribution in [3.63, 3.8) is 0 Å². The molecule has 0 aromatic heterocycles. The molecule has 19 heavy (non-hydrogen) atoms. The number of carbonyl (C=O) groups is 1. The molecule has 0 radical (unpaired) electrons. The van der Waals surface area contributed by atoms with Crippen molar-refractivity contribution in [2.45, 2.75) is 13.3 Å². The van der Waals surface area contributed by atoms with Gasteiger partial charge in [-0.25, -0.2) is 0 Å². The van der Waals surface area contributed by atoms with Crippen LogP contribution in [0.4, 0.5) is 0 Å². The Balaban J connectivity index is 0.00000180. The molecule has 1 aromatic rings. The van der Waals surface area contributed by atoms with E-state index in [-0.39, 0.29) is 18.3 Å². The smallest absolute Gasteiger partial charge is 0.251 e. The van der Waals surface area contributed by atoms with E-state index in [4.69, 9.17) is 0 Å². The predicted octanol–water partition coefficient (Wildman–Crippen LogP) is 2.67. The highest BCUT2D eigenvalue weighted by Gasteiger charge is 2.11. The van der Waals surface area contributed by atoms with Crippen LogP contribution in [-0.2, 0) is 0 Å². The lowest BCUT2D eigenvalue weighted by Gasteiger charge is -2.15. The molecule has 1 amide bonds. The molecule has 5 heteroatoms. The average Bonchev–Trinajstić information content (AvgIpc) is 2.40. The van der Waals surface area contributed by atoms with E-state index in [0.29, 0.717) is 6.54 Å². The molecule has 2 rings (SSSR count). The van der Waals surface area contributed by atoms with Crippen LogP contribution in [0.2, 0.25) is 0 Å². The molecule has 0 saturated heterocycles. The molecule has 0 bridgehead atoms. The lowest BCUT2D eigenvalue weighted by molar-refractivity contribution is 0.0956. The molecule has 0 spiro atoms. The van der Waals surface area contributed by atoms with Crippen molar-refractivity contribution in [2.75, 3.05) is 19.6 Å². The van der Waals surface area contributed by atoms with Crippen LogP contribution in [0.25, 0.3) is 0 Å². The van der Waals surface area contributed by atoms with E-state index in [9.17, 15) is 4.79 Å². The van der Waals surface area contributed by atoms with Gasteiger partial charge in [0, 0.05) is 22.2 Å². The first-order valence-corrected chi connectivity index (χ1v) is 7.18. The third kappa shape index (κ3) is 4.47. The fourth-order valence-electron chi connectivity index (χ4n) is 1.97. The topological polar surface area (TPSA) is 41.1 Å². The SMILES string of the molecule is Cc1c(I)cccc1C(=O)NCC1=CCNCC1.Cl. The maximum Gasteiger partial charge on any atom is 0.251 e. The Morgan fingerprint density at radius 3 is 2.95 bits per heavy atom. The van der Waals surface area contributed by atoms with Gasteiger partial charge in [-0.1, -0.05) is 17.7 Å². The predicted molar refractivity (Wildman–Crippen MR) is 89.0 cm³/mol. The quantitative estimate of drug-likeness (QED) is 0.613. The zero-order valence-corrected chi connectivity index (χ0v) is 13.8. The minimum absolute atomic E-state index is 0. The van der Waals surface area contributed by atoms with Crippen LogP contribution in [0, 0.1) is 10.5 Å². The number of carbonyl (C=O) groups excluding carboxylic acids is 1. The summed E-state index contributed by atoms with van der Waals surface area (Å²) in [5.74, 6) is 0.0189. The molecule has 104 valence electrons. The monoisotopic (exact) mass is 392 g/mol. The number of benzene rings is 1. The van der Waals surface area contributed by atoms with E-state index in [1.165, 1.54) is 5.57 Å². The molecular weight excluding hydrogens is 375 g/mol. The second kappa shape index (κ2) is 7.87. The molecule has 2 N–H and O–H groups in total. The van der Waals surface area contributed by atoms with Crippen molar-refractivity contribution in [1.82, 2.24) is 10.6 Å². The molecule has 0 aliphatic carbocycles. The van der Waals surface area contributed by atoms with Gasteiger partial charge in [-0.15, -0.1) is 12.4 Å². The molecule has 0 atom stereocenters. The Kier molecular flexibility index (Phi) is 6.82. The highest BCUT2D eigenvalue weighted by molar-refractivity contribution is 14.1. The van der Waals surface area contributed by atoms with Crippen LogP contribution in [0.15, 0.2) is 29.8 Å². The van der Waals surface area contributed by atoms with Gasteiger partial charge >= 0.3 is 0 Å². The summed E-state index contributed by atoms with van der Waals surface area (Å²) in [5.41, 5.74) is 3.14. The van der Waals surface area contributed by atoms with Crippen LogP contribution in [0.1, 0.15) is 22.3 Å². The molecule has 1 aromatic carbocycles. The third-order valence-electron chi connectivity index (χ3n) is 3.15. The van der Waals surface area contributed by atoms with E-state index in [1.54, 1.807) is 0 Å². The highest BCUT2D eigenvalue weighted by atomic mass is 127. The number of rotatable bonds is 3. The van der Waals surface area contributed by atoms with Gasteiger partial charge in [0.1, 0.15) is 0 Å². The average molecular weight is 393 g/mol. The van der Waals surface area contributed by atoms with Crippen molar-refractivity contribution in [3.05, 3.63) is 44.5 Å². The molecule has 3 nitrogen and oxygen atoms in total. The summed E-state index contributed by atoms with van der Waals surface area (Å²) in [7, 11) is 0. The summed E-state index contributed by atoms with van der Waals surface area (Å²) >= 11 is 2.26. The second-order valence-electron chi connectivity index (χ2n) is 4.41. The molecule has 0 unspecified atom stereocenters. The van der Waals surface area contributed by atoms with Crippen LogP contribution < -0.4 is 10.6 Å². The Bertz CT molecular complexity index is 488. The summed E-state index contributed by atoms with van der Waals surface area (Å²) in [5, 5.41) is 6.26. The molecule has 1 aliphatic rings. The Morgan fingerprint density at radius 2 is 2.26 bits per heavy atom. The maximum absolute atomic E-state index is 12.1. The number of halogens is 2. The largest absolute Gasteiger partial charge is 0.348 e. The van der Waals surface area contributed by atoms with Crippen molar-refractivity contribution >= 4 is 40.9 Å². The van der Waals surface area contributed by atoms with Crippen LogP contribution in [-0.4, -0.2) is 25.5 Å². The summed E-state index contributed by atoms with van der Waals surface area (Å²) in [6, 6.07) is 5.82. The molecule has 1 heterocycles. The molecule has 1 aliphatic heterocycles. The highest BCUT2D eigenvalue weighted by Crippen LogP contribution is 2.15. The number of nitrogens with one attached hydrogen (secondary N) is 2. The maximum atomic E-state index is 12.1.